The number of ketones is 1. The van der Waals surface area contributed by atoms with Crippen LogP contribution in [-0.4, -0.2) is 21.9 Å². The molecule has 1 aromatic rings. The second-order valence-corrected chi connectivity index (χ2v) is 5.12. The van der Waals surface area contributed by atoms with Crippen LogP contribution in [0.1, 0.15) is 18.4 Å². The molecule has 1 aliphatic rings. The van der Waals surface area contributed by atoms with Crippen LogP contribution in [0.4, 0.5) is 0 Å². The fourth-order valence-electron chi connectivity index (χ4n) is 1.76. The normalized spacial score (nSPS) is 20.4. The van der Waals surface area contributed by atoms with E-state index in [1.54, 1.807) is 23.9 Å². The Kier molecular flexibility index (Phi) is 3.31. The van der Waals surface area contributed by atoms with Crippen LogP contribution >= 0.6 is 11.8 Å². The summed E-state index contributed by atoms with van der Waals surface area (Å²) in [6, 6.07) is 6.88. The summed E-state index contributed by atoms with van der Waals surface area (Å²) in [4.78, 5) is 11.8. The fourth-order valence-corrected chi connectivity index (χ4v) is 2.98. The first-order chi connectivity index (χ1) is 7.25. The third kappa shape index (κ3) is 2.75. The quantitative estimate of drug-likeness (QED) is 0.853. The summed E-state index contributed by atoms with van der Waals surface area (Å²) < 4.78 is 0. The highest BCUT2D eigenvalue weighted by Crippen LogP contribution is 2.27. The molecular formula is C12H14O2S. The van der Waals surface area contributed by atoms with Crippen molar-refractivity contribution in [1.29, 1.82) is 0 Å². The summed E-state index contributed by atoms with van der Waals surface area (Å²) in [7, 11) is 0. The highest BCUT2D eigenvalue weighted by Gasteiger charge is 2.22. The number of thioether (sulfide) groups is 1. The zero-order chi connectivity index (χ0) is 10.7. The van der Waals surface area contributed by atoms with E-state index in [1.807, 2.05) is 12.1 Å². The first-order valence-electron chi connectivity index (χ1n) is 5.18. The molecule has 1 aliphatic heterocycles. The van der Waals surface area contributed by atoms with Crippen LogP contribution in [0.5, 0.6) is 5.75 Å². The number of hydrogen-bond acceptors (Lipinski definition) is 3. The van der Waals surface area contributed by atoms with Crippen LogP contribution in [0.15, 0.2) is 24.3 Å². The van der Waals surface area contributed by atoms with Crippen LogP contribution in [0.3, 0.4) is 0 Å². The molecule has 1 aromatic carbocycles. The lowest BCUT2D eigenvalue weighted by Crippen LogP contribution is -2.16. The van der Waals surface area contributed by atoms with Crippen LogP contribution < -0.4 is 0 Å². The number of carbonyl (C=O) groups is 1. The van der Waals surface area contributed by atoms with E-state index >= 15 is 0 Å². The molecule has 1 saturated heterocycles. The van der Waals surface area contributed by atoms with Gasteiger partial charge in [0.2, 0.25) is 0 Å². The van der Waals surface area contributed by atoms with E-state index in [1.165, 1.54) is 0 Å². The number of carbonyl (C=O) groups excluding carboxylic acids is 1. The van der Waals surface area contributed by atoms with Gasteiger partial charge in [0.1, 0.15) is 11.5 Å². The van der Waals surface area contributed by atoms with Crippen LogP contribution in [0.2, 0.25) is 0 Å². The summed E-state index contributed by atoms with van der Waals surface area (Å²) >= 11 is 1.77. The van der Waals surface area contributed by atoms with E-state index in [0.29, 0.717) is 12.2 Å². The van der Waals surface area contributed by atoms with Crippen molar-refractivity contribution in [2.45, 2.75) is 24.5 Å². The van der Waals surface area contributed by atoms with Crippen LogP contribution in [0, 0.1) is 0 Å². The van der Waals surface area contributed by atoms with Crippen molar-refractivity contribution in [3.8, 4) is 5.75 Å². The molecule has 1 heterocycles. The predicted octanol–water partition coefficient (Wildman–Crippen LogP) is 2.40. The van der Waals surface area contributed by atoms with Gasteiger partial charge in [-0.3, -0.25) is 4.79 Å². The first-order valence-corrected chi connectivity index (χ1v) is 6.23. The molecule has 1 fully saturated rings. The lowest BCUT2D eigenvalue weighted by molar-refractivity contribution is -0.117. The maximum Gasteiger partial charge on any atom is 0.150 e. The Bertz CT molecular complexity index is 339. The SMILES string of the molecule is O=C(Cc1ccc(O)cc1)C1CCCS1. The van der Waals surface area contributed by atoms with Gasteiger partial charge in [-0.2, -0.15) is 11.8 Å². The lowest BCUT2D eigenvalue weighted by atomic mass is 10.0. The number of phenolic OH excluding ortho intramolecular Hbond substituents is 1. The van der Waals surface area contributed by atoms with E-state index < -0.39 is 0 Å². The summed E-state index contributed by atoms with van der Waals surface area (Å²) in [6.45, 7) is 0. The van der Waals surface area contributed by atoms with Gasteiger partial charge in [-0.25, -0.2) is 0 Å². The Morgan fingerprint density at radius 1 is 1.40 bits per heavy atom. The Labute approximate surface area is 93.7 Å². The number of hydrogen-bond donors (Lipinski definition) is 1. The van der Waals surface area contributed by atoms with Crippen LogP contribution in [0.25, 0.3) is 0 Å². The topological polar surface area (TPSA) is 37.3 Å². The van der Waals surface area contributed by atoms with E-state index in [2.05, 4.69) is 0 Å². The van der Waals surface area contributed by atoms with Gasteiger partial charge in [-0.15, -0.1) is 0 Å². The second-order valence-electron chi connectivity index (χ2n) is 3.81. The van der Waals surface area contributed by atoms with Gasteiger partial charge in [-0.05, 0) is 36.3 Å². The Morgan fingerprint density at radius 3 is 2.73 bits per heavy atom. The van der Waals surface area contributed by atoms with Crippen molar-refractivity contribution in [3.63, 3.8) is 0 Å². The van der Waals surface area contributed by atoms with Gasteiger partial charge in [0.05, 0.1) is 5.25 Å². The molecule has 80 valence electrons. The van der Waals surface area contributed by atoms with Crippen molar-refractivity contribution < 1.29 is 9.90 Å². The minimum Gasteiger partial charge on any atom is -0.508 e. The first kappa shape index (κ1) is 10.6. The van der Waals surface area contributed by atoms with Crippen molar-refractivity contribution in [3.05, 3.63) is 29.8 Å². The number of benzene rings is 1. The molecule has 2 rings (SSSR count). The van der Waals surface area contributed by atoms with Gasteiger partial charge >= 0.3 is 0 Å². The highest BCUT2D eigenvalue weighted by atomic mass is 32.2. The zero-order valence-corrected chi connectivity index (χ0v) is 9.30. The molecule has 15 heavy (non-hydrogen) atoms. The molecule has 2 nitrogen and oxygen atoms in total. The van der Waals surface area contributed by atoms with Gasteiger partial charge in [-0.1, -0.05) is 12.1 Å². The van der Waals surface area contributed by atoms with Crippen molar-refractivity contribution in [1.82, 2.24) is 0 Å². The molecule has 0 aromatic heterocycles. The summed E-state index contributed by atoms with van der Waals surface area (Å²) in [5.74, 6) is 1.69. The minimum absolute atomic E-state index is 0.207. The Balaban J connectivity index is 1.96. The molecule has 0 spiro atoms. The van der Waals surface area contributed by atoms with E-state index in [0.717, 1.165) is 24.2 Å². The third-order valence-electron chi connectivity index (χ3n) is 2.60. The molecule has 0 saturated carbocycles. The van der Waals surface area contributed by atoms with Crippen molar-refractivity contribution in [2.75, 3.05) is 5.75 Å². The van der Waals surface area contributed by atoms with Crippen molar-refractivity contribution >= 4 is 17.5 Å². The van der Waals surface area contributed by atoms with Gasteiger partial charge in [0.25, 0.3) is 0 Å². The second kappa shape index (κ2) is 4.71. The fraction of sp³-hybridized carbons (Fsp3) is 0.417. The number of Topliss-reactive ketones (excluding diaryl/α,β-unsaturated/α-hetero) is 1. The largest absolute Gasteiger partial charge is 0.508 e. The molecule has 1 N–H and O–H groups in total. The number of aromatic hydroxyl groups is 1. The molecule has 1 unspecified atom stereocenters. The van der Waals surface area contributed by atoms with E-state index in [4.69, 9.17) is 5.11 Å². The molecule has 0 bridgehead atoms. The molecule has 3 heteroatoms. The van der Waals surface area contributed by atoms with Crippen LogP contribution in [-0.2, 0) is 11.2 Å². The maximum absolute atomic E-state index is 11.8. The number of phenols is 1. The molecule has 0 aliphatic carbocycles. The summed E-state index contributed by atoms with van der Waals surface area (Å²) in [5, 5.41) is 9.32. The zero-order valence-electron chi connectivity index (χ0n) is 8.48. The highest BCUT2D eigenvalue weighted by molar-refractivity contribution is 8.00. The van der Waals surface area contributed by atoms with E-state index in [9.17, 15) is 4.79 Å². The van der Waals surface area contributed by atoms with Gasteiger partial charge < -0.3 is 5.11 Å². The molecule has 0 radical (unpaired) electrons. The summed E-state index contributed by atoms with van der Waals surface area (Å²) in [6.07, 6.45) is 2.69. The van der Waals surface area contributed by atoms with Gasteiger partial charge in [0, 0.05) is 6.42 Å². The number of rotatable bonds is 3. The smallest absolute Gasteiger partial charge is 0.150 e. The standard InChI is InChI=1S/C12H14O2S/c13-10-5-3-9(4-6-10)8-11(14)12-2-1-7-15-12/h3-6,12-13H,1-2,7-8H2. The Morgan fingerprint density at radius 2 is 2.13 bits per heavy atom. The van der Waals surface area contributed by atoms with Crippen molar-refractivity contribution in [2.24, 2.45) is 0 Å². The monoisotopic (exact) mass is 222 g/mol. The average molecular weight is 222 g/mol. The predicted molar refractivity (Wildman–Crippen MR) is 62.3 cm³/mol. The maximum atomic E-state index is 11.8. The van der Waals surface area contributed by atoms with Gasteiger partial charge in [0.15, 0.2) is 0 Å². The molecule has 0 amide bonds. The lowest BCUT2D eigenvalue weighted by Gasteiger charge is -2.07. The minimum atomic E-state index is 0.207. The average Bonchev–Trinajstić information content (AvgIpc) is 2.74. The third-order valence-corrected chi connectivity index (χ3v) is 4.03. The summed E-state index contributed by atoms with van der Waals surface area (Å²) in [5.41, 5.74) is 0.991. The molecule has 1 atom stereocenters. The van der Waals surface area contributed by atoms with E-state index in [-0.39, 0.29) is 11.0 Å². The Hall–Kier alpha value is -0.960. The molecular weight excluding hydrogens is 208 g/mol.